The standard InChI is InChI=1S/C14H17FN2O3/c15-11-2-1-3-12(8-11)16-14(20)17-7-6-10(9-17)4-5-13(18)19/h1-3,8,10H,4-7,9H2,(H,16,20)(H,18,19). The zero-order chi connectivity index (χ0) is 14.5. The van der Waals surface area contributed by atoms with Gasteiger partial charge in [0.1, 0.15) is 5.82 Å². The molecule has 1 aromatic carbocycles. The molecule has 2 rings (SSSR count). The smallest absolute Gasteiger partial charge is 0.321 e. The zero-order valence-electron chi connectivity index (χ0n) is 11.0. The van der Waals surface area contributed by atoms with Gasteiger partial charge in [-0.3, -0.25) is 4.79 Å². The molecule has 5 nitrogen and oxygen atoms in total. The summed E-state index contributed by atoms with van der Waals surface area (Å²) in [6.07, 6.45) is 1.52. The predicted molar refractivity (Wildman–Crippen MR) is 72.0 cm³/mol. The van der Waals surface area contributed by atoms with Crippen LogP contribution in [0.1, 0.15) is 19.3 Å². The molecule has 1 heterocycles. The second-order valence-electron chi connectivity index (χ2n) is 4.97. The van der Waals surface area contributed by atoms with Crippen LogP contribution in [0.4, 0.5) is 14.9 Å². The molecule has 108 valence electrons. The number of carbonyl (C=O) groups is 2. The van der Waals surface area contributed by atoms with Gasteiger partial charge in [0.05, 0.1) is 0 Å². The molecule has 2 amide bonds. The number of benzene rings is 1. The minimum atomic E-state index is -0.812. The van der Waals surface area contributed by atoms with Crippen molar-refractivity contribution in [2.45, 2.75) is 19.3 Å². The zero-order valence-corrected chi connectivity index (χ0v) is 11.0. The molecule has 0 radical (unpaired) electrons. The van der Waals surface area contributed by atoms with Gasteiger partial charge in [0.15, 0.2) is 0 Å². The summed E-state index contributed by atoms with van der Waals surface area (Å²) >= 11 is 0. The molecular formula is C14H17FN2O3. The molecule has 0 spiro atoms. The number of aliphatic carboxylic acids is 1. The van der Waals surface area contributed by atoms with E-state index in [0.29, 0.717) is 25.2 Å². The molecule has 1 aliphatic rings. The maximum Gasteiger partial charge on any atom is 0.321 e. The molecule has 6 heteroatoms. The highest BCUT2D eigenvalue weighted by atomic mass is 19.1. The third-order valence-corrected chi connectivity index (χ3v) is 3.42. The third-order valence-electron chi connectivity index (χ3n) is 3.42. The number of anilines is 1. The Kier molecular flexibility index (Phi) is 4.55. The molecule has 1 saturated heterocycles. The van der Waals surface area contributed by atoms with Gasteiger partial charge >= 0.3 is 12.0 Å². The molecule has 20 heavy (non-hydrogen) atoms. The molecule has 0 saturated carbocycles. The van der Waals surface area contributed by atoms with Gasteiger partial charge in [-0.1, -0.05) is 6.07 Å². The molecule has 1 atom stereocenters. The highest BCUT2D eigenvalue weighted by Crippen LogP contribution is 2.22. The van der Waals surface area contributed by atoms with Crippen molar-refractivity contribution in [1.29, 1.82) is 0 Å². The summed E-state index contributed by atoms with van der Waals surface area (Å²) in [7, 11) is 0. The Hall–Kier alpha value is -2.11. The SMILES string of the molecule is O=C(O)CCC1CCN(C(=O)Nc2cccc(F)c2)C1. The largest absolute Gasteiger partial charge is 0.481 e. The number of hydrogen-bond acceptors (Lipinski definition) is 2. The van der Waals surface area contributed by atoms with E-state index in [1.54, 1.807) is 11.0 Å². The lowest BCUT2D eigenvalue weighted by molar-refractivity contribution is -0.137. The van der Waals surface area contributed by atoms with Crippen molar-refractivity contribution < 1.29 is 19.1 Å². The Morgan fingerprint density at radius 1 is 1.45 bits per heavy atom. The van der Waals surface area contributed by atoms with E-state index < -0.39 is 11.8 Å². The van der Waals surface area contributed by atoms with Crippen molar-refractivity contribution in [2.24, 2.45) is 5.92 Å². The van der Waals surface area contributed by atoms with Crippen molar-refractivity contribution >= 4 is 17.7 Å². The van der Waals surface area contributed by atoms with E-state index in [0.717, 1.165) is 6.42 Å². The van der Waals surface area contributed by atoms with E-state index in [4.69, 9.17) is 5.11 Å². The van der Waals surface area contributed by atoms with Gasteiger partial charge in [0, 0.05) is 25.2 Å². The highest BCUT2D eigenvalue weighted by Gasteiger charge is 2.26. The molecule has 0 aromatic heterocycles. The first-order valence-corrected chi connectivity index (χ1v) is 6.58. The highest BCUT2D eigenvalue weighted by molar-refractivity contribution is 5.89. The number of hydrogen-bond donors (Lipinski definition) is 2. The fraction of sp³-hybridized carbons (Fsp3) is 0.429. The number of likely N-dealkylation sites (tertiary alicyclic amines) is 1. The Labute approximate surface area is 116 Å². The number of urea groups is 1. The molecule has 0 bridgehead atoms. The fourth-order valence-corrected chi connectivity index (χ4v) is 2.35. The summed E-state index contributed by atoms with van der Waals surface area (Å²) in [5.41, 5.74) is 0.420. The van der Waals surface area contributed by atoms with Crippen LogP contribution in [0.3, 0.4) is 0 Å². The summed E-state index contributed by atoms with van der Waals surface area (Å²) in [6.45, 7) is 1.15. The van der Waals surface area contributed by atoms with Crippen LogP contribution in [0.2, 0.25) is 0 Å². The molecular weight excluding hydrogens is 263 g/mol. The summed E-state index contributed by atoms with van der Waals surface area (Å²) < 4.78 is 13.0. The van der Waals surface area contributed by atoms with Crippen LogP contribution in [0.15, 0.2) is 24.3 Å². The van der Waals surface area contributed by atoms with Gasteiger partial charge in [-0.25, -0.2) is 9.18 Å². The van der Waals surface area contributed by atoms with E-state index in [-0.39, 0.29) is 18.4 Å². The third kappa shape index (κ3) is 3.94. The second-order valence-corrected chi connectivity index (χ2v) is 4.97. The van der Waals surface area contributed by atoms with Gasteiger partial charge in [-0.05, 0) is 37.0 Å². The summed E-state index contributed by atoms with van der Waals surface area (Å²) in [5.74, 6) is -0.986. The number of rotatable bonds is 4. The number of nitrogens with one attached hydrogen (secondary N) is 1. The van der Waals surface area contributed by atoms with E-state index in [9.17, 15) is 14.0 Å². The van der Waals surface area contributed by atoms with Crippen LogP contribution < -0.4 is 5.32 Å². The topological polar surface area (TPSA) is 69.6 Å². The Morgan fingerprint density at radius 2 is 2.25 bits per heavy atom. The number of carbonyl (C=O) groups excluding carboxylic acids is 1. The van der Waals surface area contributed by atoms with Crippen molar-refractivity contribution in [2.75, 3.05) is 18.4 Å². The van der Waals surface area contributed by atoms with Crippen LogP contribution >= 0.6 is 0 Å². The van der Waals surface area contributed by atoms with Crippen LogP contribution in [0.25, 0.3) is 0 Å². The van der Waals surface area contributed by atoms with Gasteiger partial charge in [-0.2, -0.15) is 0 Å². The van der Waals surface area contributed by atoms with Crippen LogP contribution in [-0.4, -0.2) is 35.1 Å². The van der Waals surface area contributed by atoms with Gasteiger partial charge in [0.2, 0.25) is 0 Å². The second kappa shape index (κ2) is 6.36. The summed E-state index contributed by atoms with van der Waals surface area (Å²) in [5, 5.41) is 11.3. The quantitative estimate of drug-likeness (QED) is 0.890. The Bertz CT molecular complexity index is 507. The maximum absolute atomic E-state index is 13.0. The van der Waals surface area contributed by atoms with E-state index in [2.05, 4.69) is 5.32 Å². The van der Waals surface area contributed by atoms with Crippen molar-refractivity contribution in [3.8, 4) is 0 Å². The minimum absolute atomic E-state index is 0.129. The molecule has 1 unspecified atom stereocenters. The average Bonchev–Trinajstić information content (AvgIpc) is 2.85. The average molecular weight is 280 g/mol. The lowest BCUT2D eigenvalue weighted by Crippen LogP contribution is -2.33. The molecule has 1 aromatic rings. The fourth-order valence-electron chi connectivity index (χ4n) is 2.35. The van der Waals surface area contributed by atoms with Gasteiger partial charge in [-0.15, -0.1) is 0 Å². The van der Waals surface area contributed by atoms with Crippen molar-refractivity contribution in [3.63, 3.8) is 0 Å². The first-order chi connectivity index (χ1) is 9.54. The van der Waals surface area contributed by atoms with Crippen molar-refractivity contribution in [3.05, 3.63) is 30.1 Å². The molecule has 1 fully saturated rings. The lowest BCUT2D eigenvalue weighted by atomic mass is 10.0. The number of carboxylic acid groups (broad SMARTS) is 1. The Balaban J connectivity index is 1.83. The Morgan fingerprint density at radius 3 is 2.95 bits per heavy atom. The lowest BCUT2D eigenvalue weighted by Gasteiger charge is -2.17. The number of nitrogens with zero attached hydrogens (tertiary/aromatic N) is 1. The summed E-state index contributed by atoms with van der Waals surface area (Å²) in [6, 6.07) is 5.46. The molecule has 2 N–H and O–H groups in total. The van der Waals surface area contributed by atoms with Crippen LogP contribution in [-0.2, 0) is 4.79 Å². The predicted octanol–water partition coefficient (Wildman–Crippen LogP) is 2.54. The first-order valence-electron chi connectivity index (χ1n) is 6.58. The monoisotopic (exact) mass is 280 g/mol. The van der Waals surface area contributed by atoms with E-state index in [1.807, 2.05) is 0 Å². The number of halogens is 1. The van der Waals surface area contributed by atoms with Crippen molar-refractivity contribution in [1.82, 2.24) is 4.90 Å². The van der Waals surface area contributed by atoms with Crippen LogP contribution in [0, 0.1) is 11.7 Å². The van der Waals surface area contributed by atoms with Gasteiger partial charge < -0.3 is 15.3 Å². The normalized spacial score (nSPS) is 18.1. The van der Waals surface area contributed by atoms with Gasteiger partial charge in [0.25, 0.3) is 0 Å². The first kappa shape index (κ1) is 14.3. The van der Waals surface area contributed by atoms with Crippen LogP contribution in [0.5, 0.6) is 0 Å². The van der Waals surface area contributed by atoms with E-state index in [1.165, 1.54) is 18.2 Å². The van der Waals surface area contributed by atoms with E-state index >= 15 is 0 Å². The maximum atomic E-state index is 13.0. The molecule has 0 aliphatic carbocycles. The molecule has 1 aliphatic heterocycles. The number of amides is 2. The minimum Gasteiger partial charge on any atom is -0.481 e. The number of carboxylic acids is 1. The summed E-state index contributed by atoms with van der Waals surface area (Å²) in [4.78, 5) is 24.1.